The first-order valence-corrected chi connectivity index (χ1v) is 11.0. The van der Waals surface area contributed by atoms with Crippen molar-refractivity contribution in [2.24, 2.45) is 5.73 Å². The molecule has 1 saturated heterocycles. The lowest BCUT2D eigenvalue weighted by Gasteiger charge is -2.31. The van der Waals surface area contributed by atoms with E-state index in [9.17, 15) is 9.59 Å². The molecule has 0 saturated carbocycles. The number of carbonyl (C=O) groups is 2. The summed E-state index contributed by atoms with van der Waals surface area (Å²) in [6, 6.07) is 8.93. The minimum Gasteiger partial charge on any atom is -0.497 e. The van der Waals surface area contributed by atoms with Gasteiger partial charge in [-0.1, -0.05) is 11.3 Å². The van der Waals surface area contributed by atoms with Crippen LogP contribution in [0.5, 0.6) is 5.75 Å². The van der Waals surface area contributed by atoms with Gasteiger partial charge in [0.25, 0.3) is 0 Å². The molecule has 2 aromatic heterocycles. The number of aromatic nitrogens is 3. The molecular weight excluding hydrogens is 428 g/mol. The molecule has 1 aliphatic rings. The van der Waals surface area contributed by atoms with E-state index in [0.717, 1.165) is 28.3 Å². The Bertz CT molecular complexity index is 1160. The summed E-state index contributed by atoms with van der Waals surface area (Å²) in [5, 5.41) is 3.25. The van der Waals surface area contributed by atoms with Gasteiger partial charge < -0.3 is 15.4 Å². The van der Waals surface area contributed by atoms with E-state index in [4.69, 9.17) is 10.5 Å². The third-order valence-corrected chi connectivity index (χ3v) is 6.76. The van der Waals surface area contributed by atoms with Gasteiger partial charge in [0.15, 0.2) is 11.0 Å². The van der Waals surface area contributed by atoms with Crippen LogP contribution in [-0.2, 0) is 4.79 Å². The Hall–Kier alpha value is -3.53. The van der Waals surface area contributed by atoms with E-state index < -0.39 is 11.4 Å². The minimum absolute atomic E-state index is 0.384. The van der Waals surface area contributed by atoms with Crippen LogP contribution < -0.4 is 15.8 Å². The Kier molecular flexibility index (Phi) is 5.79. The van der Waals surface area contributed by atoms with E-state index in [1.807, 2.05) is 37.3 Å². The van der Waals surface area contributed by atoms with Gasteiger partial charge in [0, 0.05) is 18.3 Å². The normalized spacial score (nSPS) is 17.9. The van der Waals surface area contributed by atoms with Crippen LogP contribution >= 0.6 is 11.3 Å². The fourth-order valence-corrected chi connectivity index (χ4v) is 4.68. The van der Waals surface area contributed by atoms with Crippen molar-refractivity contribution in [3.05, 3.63) is 42.2 Å². The molecule has 0 bridgehead atoms. The van der Waals surface area contributed by atoms with E-state index in [-0.39, 0.29) is 6.03 Å². The summed E-state index contributed by atoms with van der Waals surface area (Å²) in [7, 11) is 1.62. The number of hydrogen-bond acceptors (Lipinski definition) is 7. The van der Waals surface area contributed by atoms with Gasteiger partial charge in [0.1, 0.15) is 11.3 Å². The van der Waals surface area contributed by atoms with E-state index in [2.05, 4.69) is 20.3 Å². The summed E-state index contributed by atoms with van der Waals surface area (Å²) in [5.74, 6) is 0.833. The zero-order valence-electron chi connectivity index (χ0n) is 18.1. The lowest BCUT2D eigenvalue weighted by atomic mass is 9.98. The topological polar surface area (TPSA) is 123 Å². The summed E-state index contributed by atoms with van der Waals surface area (Å²) < 4.78 is 5.20. The van der Waals surface area contributed by atoms with Gasteiger partial charge >= 0.3 is 6.03 Å². The number of anilines is 1. The van der Waals surface area contributed by atoms with Gasteiger partial charge in [0.2, 0.25) is 5.91 Å². The maximum Gasteiger partial charge on any atom is 0.324 e. The monoisotopic (exact) mass is 452 g/mol. The smallest absolute Gasteiger partial charge is 0.324 e. The largest absolute Gasteiger partial charge is 0.497 e. The number of nitrogens with one attached hydrogen (secondary N) is 1. The van der Waals surface area contributed by atoms with Crippen LogP contribution in [0.1, 0.15) is 25.5 Å². The third-order valence-electron chi connectivity index (χ3n) is 5.66. The van der Waals surface area contributed by atoms with Gasteiger partial charge in [-0.15, -0.1) is 0 Å². The summed E-state index contributed by atoms with van der Waals surface area (Å²) in [6.45, 7) is 4.03. The van der Waals surface area contributed by atoms with Crippen molar-refractivity contribution in [3.8, 4) is 27.7 Å². The molecule has 1 fully saturated rings. The zero-order valence-corrected chi connectivity index (χ0v) is 18.9. The number of benzene rings is 1. The van der Waals surface area contributed by atoms with Crippen molar-refractivity contribution in [3.63, 3.8) is 0 Å². The number of nitrogens with zero attached hydrogens (tertiary/aromatic N) is 4. The summed E-state index contributed by atoms with van der Waals surface area (Å²) in [5.41, 5.74) is 6.87. The number of aryl methyl sites for hydroxylation is 1. The number of ether oxygens (including phenoxy) is 1. The van der Waals surface area contributed by atoms with Crippen molar-refractivity contribution < 1.29 is 14.3 Å². The first-order chi connectivity index (χ1) is 15.3. The summed E-state index contributed by atoms with van der Waals surface area (Å²) in [6.07, 6.45) is 2.97. The second-order valence-corrected chi connectivity index (χ2v) is 8.75. The first-order valence-electron chi connectivity index (χ1n) is 10.2. The highest BCUT2D eigenvalue weighted by molar-refractivity contribution is 7.19. The molecular formula is C22H24N6O3S. The van der Waals surface area contributed by atoms with E-state index in [0.29, 0.717) is 29.6 Å². The van der Waals surface area contributed by atoms with Gasteiger partial charge in [-0.25, -0.2) is 19.7 Å². The number of likely N-dealkylation sites (tertiary alicyclic amines) is 1. The molecule has 166 valence electrons. The maximum absolute atomic E-state index is 12.8. The second-order valence-electron chi connectivity index (χ2n) is 7.75. The average Bonchev–Trinajstić information content (AvgIpc) is 3.37. The fourth-order valence-electron chi connectivity index (χ4n) is 3.76. The fraction of sp³-hybridized carbons (Fsp3) is 0.318. The van der Waals surface area contributed by atoms with E-state index >= 15 is 0 Å². The highest BCUT2D eigenvalue weighted by Crippen LogP contribution is 2.34. The molecule has 9 nitrogen and oxygen atoms in total. The van der Waals surface area contributed by atoms with Crippen LogP contribution in [0.4, 0.5) is 9.93 Å². The number of primary amides is 1. The highest BCUT2D eigenvalue weighted by Gasteiger charge is 2.44. The molecule has 1 aromatic carbocycles. The first kappa shape index (κ1) is 21.7. The van der Waals surface area contributed by atoms with Gasteiger partial charge in [0.05, 0.1) is 23.4 Å². The lowest BCUT2D eigenvalue weighted by Crippen LogP contribution is -2.55. The summed E-state index contributed by atoms with van der Waals surface area (Å²) >= 11 is 1.32. The van der Waals surface area contributed by atoms with Crippen LogP contribution in [0.2, 0.25) is 0 Å². The van der Waals surface area contributed by atoms with Gasteiger partial charge in [-0.3, -0.25) is 10.1 Å². The van der Waals surface area contributed by atoms with Crippen LogP contribution in [0.15, 0.2) is 36.5 Å². The minimum atomic E-state index is -0.987. The molecule has 3 heterocycles. The molecule has 1 atom stereocenters. The molecule has 0 aliphatic carbocycles. The second kappa shape index (κ2) is 8.54. The Labute approximate surface area is 189 Å². The molecule has 4 rings (SSSR count). The molecule has 3 amide bonds. The molecule has 0 unspecified atom stereocenters. The van der Waals surface area contributed by atoms with Crippen LogP contribution in [0, 0.1) is 6.92 Å². The van der Waals surface area contributed by atoms with E-state index in [1.165, 1.54) is 16.2 Å². The predicted octanol–water partition coefficient (Wildman–Crippen LogP) is 3.46. The quantitative estimate of drug-likeness (QED) is 0.611. The number of thiazole rings is 1. The van der Waals surface area contributed by atoms with Crippen molar-refractivity contribution in [1.82, 2.24) is 19.9 Å². The third kappa shape index (κ3) is 4.01. The molecule has 1 aliphatic heterocycles. The summed E-state index contributed by atoms with van der Waals surface area (Å²) in [4.78, 5) is 40.6. The number of amides is 3. The molecule has 0 radical (unpaired) electrons. The number of urea groups is 1. The predicted molar refractivity (Wildman–Crippen MR) is 122 cm³/mol. The number of nitrogens with two attached hydrogens (primary N) is 1. The van der Waals surface area contributed by atoms with Crippen molar-refractivity contribution >= 4 is 28.4 Å². The van der Waals surface area contributed by atoms with Crippen LogP contribution in [-0.4, -0.2) is 51.0 Å². The van der Waals surface area contributed by atoms with Gasteiger partial charge in [-0.2, -0.15) is 0 Å². The molecule has 3 N–H and O–H groups in total. The standard InChI is InChI=1S/C22H24N6O3S/c1-13-17(16-9-11-24-18(26-16)14-5-7-15(31-3)8-6-14)32-20(25-13)27-21(30)28-12-4-10-22(28,2)19(23)29/h5-9,11H,4,10,12H2,1-3H3,(H2,23,29)(H,25,27,30)/t22-/m0/s1. The Balaban J connectivity index is 1.56. The van der Waals surface area contributed by atoms with Crippen molar-refractivity contribution in [1.29, 1.82) is 0 Å². The maximum atomic E-state index is 12.8. The lowest BCUT2D eigenvalue weighted by molar-refractivity contribution is -0.126. The van der Waals surface area contributed by atoms with E-state index in [1.54, 1.807) is 20.2 Å². The number of rotatable bonds is 5. The number of methoxy groups -OCH3 is 1. The average molecular weight is 453 g/mol. The Morgan fingerprint density at radius 3 is 2.66 bits per heavy atom. The molecule has 3 aromatic rings. The number of hydrogen-bond donors (Lipinski definition) is 2. The number of carbonyl (C=O) groups excluding carboxylic acids is 2. The SMILES string of the molecule is COc1ccc(-c2nccc(-c3sc(NC(=O)N4CCC[C@@]4(C)C(N)=O)nc3C)n2)cc1. The molecule has 10 heteroatoms. The van der Waals surface area contributed by atoms with Crippen LogP contribution in [0.25, 0.3) is 22.0 Å². The van der Waals surface area contributed by atoms with Crippen molar-refractivity contribution in [2.75, 3.05) is 19.0 Å². The molecule has 0 spiro atoms. The Morgan fingerprint density at radius 2 is 1.97 bits per heavy atom. The zero-order chi connectivity index (χ0) is 22.9. The Morgan fingerprint density at radius 1 is 1.22 bits per heavy atom. The van der Waals surface area contributed by atoms with Gasteiger partial charge in [-0.05, 0) is 57.0 Å². The highest BCUT2D eigenvalue weighted by atomic mass is 32.1. The van der Waals surface area contributed by atoms with Crippen molar-refractivity contribution in [2.45, 2.75) is 32.2 Å². The molecule has 32 heavy (non-hydrogen) atoms. The van der Waals surface area contributed by atoms with Crippen LogP contribution in [0.3, 0.4) is 0 Å².